The van der Waals surface area contributed by atoms with Gasteiger partial charge in [-0.15, -0.1) is 0 Å². The average molecular weight is 275 g/mol. The summed E-state index contributed by atoms with van der Waals surface area (Å²) in [5, 5.41) is 6.86. The first-order valence-corrected chi connectivity index (χ1v) is 6.23. The highest BCUT2D eigenvalue weighted by atomic mass is 16.5. The molecule has 0 saturated heterocycles. The molecule has 0 aliphatic rings. The number of benzene rings is 1. The maximum Gasteiger partial charge on any atom is 0.257 e. The molecule has 0 atom stereocenters. The van der Waals surface area contributed by atoms with Gasteiger partial charge in [-0.1, -0.05) is 0 Å². The minimum Gasteiger partial charge on any atom is -0.484 e. The first kappa shape index (κ1) is 13.9. The number of nitrogen functional groups attached to an aromatic ring is 1. The van der Waals surface area contributed by atoms with Crippen LogP contribution in [0.15, 0.2) is 30.6 Å². The quantitative estimate of drug-likeness (QED) is 0.731. The molecule has 106 valence electrons. The summed E-state index contributed by atoms with van der Waals surface area (Å²) in [6.45, 7) is 0.452. The number of nitrogens with zero attached hydrogens (tertiary/aromatic N) is 3. The van der Waals surface area contributed by atoms with Gasteiger partial charge < -0.3 is 15.8 Å². The van der Waals surface area contributed by atoms with E-state index in [1.165, 1.54) is 0 Å². The van der Waals surface area contributed by atoms with Crippen molar-refractivity contribution in [3.63, 3.8) is 0 Å². The summed E-state index contributed by atoms with van der Waals surface area (Å²) < 4.78 is 6.95. The largest absolute Gasteiger partial charge is 0.484 e. The molecule has 0 aliphatic heterocycles. The van der Waals surface area contributed by atoms with E-state index in [0.29, 0.717) is 30.2 Å². The van der Waals surface area contributed by atoms with Crippen molar-refractivity contribution < 1.29 is 9.53 Å². The van der Waals surface area contributed by atoms with E-state index in [0.717, 1.165) is 0 Å². The summed E-state index contributed by atoms with van der Waals surface area (Å²) in [4.78, 5) is 15.6. The van der Waals surface area contributed by atoms with Crippen LogP contribution in [0.25, 0.3) is 0 Å². The van der Waals surface area contributed by atoms with Crippen molar-refractivity contribution in [1.82, 2.24) is 20.1 Å². The van der Waals surface area contributed by atoms with Crippen molar-refractivity contribution >= 4 is 11.6 Å². The second-order valence-electron chi connectivity index (χ2n) is 4.29. The van der Waals surface area contributed by atoms with Crippen LogP contribution < -0.4 is 15.8 Å². The second-order valence-corrected chi connectivity index (χ2v) is 4.29. The van der Waals surface area contributed by atoms with Crippen LogP contribution >= 0.6 is 0 Å². The molecule has 0 aliphatic carbocycles. The number of aromatic nitrogens is 3. The summed E-state index contributed by atoms with van der Waals surface area (Å²) in [6.07, 6.45) is 2.22. The Kier molecular flexibility index (Phi) is 4.54. The molecule has 2 rings (SSSR count). The van der Waals surface area contributed by atoms with Gasteiger partial charge in [-0.2, -0.15) is 5.10 Å². The van der Waals surface area contributed by atoms with Crippen molar-refractivity contribution in [3.8, 4) is 5.75 Å². The van der Waals surface area contributed by atoms with Gasteiger partial charge in [-0.25, -0.2) is 4.98 Å². The number of carbonyl (C=O) groups is 1. The molecule has 1 heterocycles. The lowest BCUT2D eigenvalue weighted by Crippen LogP contribution is -2.30. The topological polar surface area (TPSA) is 95.1 Å². The van der Waals surface area contributed by atoms with Gasteiger partial charge in [0.2, 0.25) is 0 Å². The molecule has 0 saturated carbocycles. The maximum atomic E-state index is 11.6. The van der Waals surface area contributed by atoms with Crippen molar-refractivity contribution in [2.24, 2.45) is 7.05 Å². The number of anilines is 1. The molecule has 3 N–H and O–H groups in total. The Labute approximate surface area is 116 Å². The fourth-order valence-corrected chi connectivity index (χ4v) is 1.58. The number of carbonyl (C=O) groups excluding carboxylic acids is 1. The van der Waals surface area contributed by atoms with E-state index in [-0.39, 0.29) is 12.5 Å². The fraction of sp³-hybridized carbons (Fsp3) is 0.308. The summed E-state index contributed by atoms with van der Waals surface area (Å²) in [7, 11) is 1.80. The third-order valence-electron chi connectivity index (χ3n) is 2.57. The second kappa shape index (κ2) is 6.55. The van der Waals surface area contributed by atoms with Crippen LogP contribution in [0.1, 0.15) is 5.82 Å². The summed E-state index contributed by atoms with van der Waals surface area (Å²) >= 11 is 0. The number of ether oxygens (including phenoxy) is 1. The Morgan fingerprint density at radius 2 is 2.15 bits per heavy atom. The highest BCUT2D eigenvalue weighted by Crippen LogP contribution is 2.12. The molecule has 0 spiro atoms. The summed E-state index contributed by atoms with van der Waals surface area (Å²) in [6, 6.07) is 6.89. The molecule has 7 nitrogen and oxygen atoms in total. The summed E-state index contributed by atoms with van der Waals surface area (Å²) in [5.74, 6) is 1.13. The molecule has 0 unspecified atom stereocenters. The minimum absolute atomic E-state index is 0.0282. The highest BCUT2D eigenvalue weighted by Gasteiger charge is 2.04. The van der Waals surface area contributed by atoms with Gasteiger partial charge in [-0.3, -0.25) is 9.48 Å². The number of nitrogens with one attached hydrogen (secondary N) is 1. The molecule has 1 amide bonds. The van der Waals surface area contributed by atoms with Gasteiger partial charge in [0, 0.05) is 25.7 Å². The number of hydrogen-bond donors (Lipinski definition) is 2. The Morgan fingerprint density at radius 1 is 1.40 bits per heavy atom. The van der Waals surface area contributed by atoms with Crippen LogP contribution in [0.4, 0.5) is 5.69 Å². The lowest BCUT2D eigenvalue weighted by atomic mass is 10.3. The van der Waals surface area contributed by atoms with E-state index >= 15 is 0 Å². The van der Waals surface area contributed by atoms with E-state index in [9.17, 15) is 4.79 Å². The van der Waals surface area contributed by atoms with E-state index < -0.39 is 0 Å². The standard InChI is InChI=1S/C13H17N5O2/c1-18-9-16-12(17-18)6-7-15-13(19)8-20-11-4-2-10(14)3-5-11/h2-5,9H,6-8,14H2,1H3,(H,15,19). The zero-order chi connectivity index (χ0) is 14.4. The van der Waals surface area contributed by atoms with E-state index in [1.807, 2.05) is 0 Å². The SMILES string of the molecule is Cn1cnc(CCNC(=O)COc2ccc(N)cc2)n1. The van der Waals surface area contributed by atoms with Crippen LogP contribution in [0, 0.1) is 0 Å². The number of rotatable bonds is 6. The first-order chi connectivity index (χ1) is 9.63. The Bertz CT molecular complexity index is 564. The zero-order valence-corrected chi connectivity index (χ0v) is 11.2. The molecular weight excluding hydrogens is 258 g/mol. The normalized spacial score (nSPS) is 10.2. The van der Waals surface area contributed by atoms with Crippen molar-refractivity contribution in [2.45, 2.75) is 6.42 Å². The molecule has 20 heavy (non-hydrogen) atoms. The molecular formula is C13H17N5O2. The van der Waals surface area contributed by atoms with E-state index in [1.54, 1.807) is 42.3 Å². The van der Waals surface area contributed by atoms with Gasteiger partial charge in [0.1, 0.15) is 12.1 Å². The van der Waals surface area contributed by atoms with Crippen LogP contribution in [0.3, 0.4) is 0 Å². The number of hydrogen-bond acceptors (Lipinski definition) is 5. The lowest BCUT2D eigenvalue weighted by molar-refractivity contribution is -0.123. The Balaban J connectivity index is 1.66. The molecule has 7 heteroatoms. The minimum atomic E-state index is -0.183. The lowest BCUT2D eigenvalue weighted by Gasteiger charge is -2.06. The van der Waals surface area contributed by atoms with Crippen LogP contribution in [-0.4, -0.2) is 33.8 Å². The molecule has 0 bridgehead atoms. The fourth-order valence-electron chi connectivity index (χ4n) is 1.58. The van der Waals surface area contributed by atoms with E-state index in [2.05, 4.69) is 15.4 Å². The number of amides is 1. The maximum absolute atomic E-state index is 11.6. The van der Waals surface area contributed by atoms with Gasteiger partial charge >= 0.3 is 0 Å². The third-order valence-corrected chi connectivity index (χ3v) is 2.57. The van der Waals surface area contributed by atoms with Crippen molar-refractivity contribution in [2.75, 3.05) is 18.9 Å². The molecule has 1 aromatic heterocycles. The number of nitrogens with two attached hydrogens (primary N) is 1. The first-order valence-electron chi connectivity index (χ1n) is 6.23. The van der Waals surface area contributed by atoms with Crippen LogP contribution in [-0.2, 0) is 18.3 Å². The van der Waals surface area contributed by atoms with Crippen molar-refractivity contribution in [3.05, 3.63) is 36.4 Å². The highest BCUT2D eigenvalue weighted by molar-refractivity contribution is 5.77. The molecule has 1 aromatic carbocycles. The smallest absolute Gasteiger partial charge is 0.257 e. The summed E-state index contributed by atoms with van der Waals surface area (Å²) in [5.41, 5.74) is 6.21. The van der Waals surface area contributed by atoms with Crippen molar-refractivity contribution in [1.29, 1.82) is 0 Å². The predicted molar refractivity (Wildman–Crippen MR) is 74.1 cm³/mol. The molecule has 0 fully saturated rings. The van der Waals surface area contributed by atoms with Crippen LogP contribution in [0.5, 0.6) is 5.75 Å². The zero-order valence-electron chi connectivity index (χ0n) is 11.2. The van der Waals surface area contributed by atoms with Crippen LogP contribution in [0.2, 0.25) is 0 Å². The van der Waals surface area contributed by atoms with Gasteiger partial charge in [-0.05, 0) is 24.3 Å². The predicted octanol–water partition coefficient (Wildman–Crippen LogP) is 0.135. The molecule has 0 radical (unpaired) electrons. The van der Waals surface area contributed by atoms with Gasteiger partial charge in [0.25, 0.3) is 5.91 Å². The average Bonchev–Trinajstić information content (AvgIpc) is 2.84. The molecule has 2 aromatic rings. The third kappa shape index (κ3) is 4.27. The monoisotopic (exact) mass is 275 g/mol. The Morgan fingerprint density at radius 3 is 2.80 bits per heavy atom. The van der Waals surface area contributed by atoms with E-state index in [4.69, 9.17) is 10.5 Å². The van der Waals surface area contributed by atoms with Gasteiger partial charge in [0.05, 0.1) is 0 Å². The number of aryl methyl sites for hydroxylation is 1. The van der Waals surface area contributed by atoms with Gasteiger partial charge in [0.15, 0.2) is 12.4 Å². The Hall–Kier alpha value is -2.57.